The van der Waals surface area contributed by atoms with Gasteiger partial charge in [-0.15, -0.1) is 0 Å². The van der Waals surface area contributed by atoms with Gasteiger partial charge in [-0.05, 0) is 12.0 Å². The summed E-state index contributed by atoms with van der Waals surface area (Å²) < 4.78 is 4.89. The minimum absolute atomic E-state index is 0.307. The molecule has 0 radical (unpaired) electrons. The molecule has 0 aliphatic heterocycles. The molecule has 0 aromatic heterocycles. The maximum absolute atomic E-state index is 10.8. The largest absolute Gasteiger partial charge is 0.465 e. The van der Waals surface area contributed by atoms with E-state index in [1.165, 1.54) is 0 Å². The Labute approximate surface area is 118 Å². The van der Waals surface area contributed by atoms with Gasteiger partial charge in [0.1, 0.15) is 0 Å². The van der Waals surface area contributed by atoms with Gasteiger partial charge in [-0.3, -0.25) is 0 Å². The van der Waals surface area contributed by atoms with Crippen LogP contribution in [0.15, 0.2) is 30.3 Å². The van der Waals surface area contributed by atoms with E-state index in [0.717, 1.165) is 5.56 Å². The minimum atomic E-state index is -1.14. The van der Waals surface area contributed by atoms with Gasteiger partial charge in [0.05, 0.1) is 18.8 Å². The number of hydrogen-bond acceptors (Lipinski definition) is 4. The fraction of sp³-hybridized carbons (Fsp3) is 0.500. The molecule has 0 heterocycles. The van der Waals surface area contributed by atoms with Crippen LogP contribution < -0.4 is 10.6 Å². The lowest BCUT2D eigenvalue weighted by Crippen LogP contribution is -2.48. The molecule has 6 heteroatoms. The molecule has 0 bridgehead atoms. The predicted molar refractivity (Wildman–Crippen MR) is 75.8 cm³/mol. The Morgan fingerprint density at radius 2 is 2.05 bits per heavy atom. The number of benzene rings is 1. The second-order valence-electron chi connectivity index (χ2n) is 4.51. The van der Waals surface area contributed by atoms with E-state index < -0.39 is 18.2 Å². The van der Waals surface area contributed by atoms with Crippen LogP contribution in [0.25, 0.3) is 0 Å². The van der Waals surface area contributed by atoms with Crippen LogP contribution in [0.1, 0.15) is 5.56 Å². The highest BCUT2D eigenvalue weighted by Crippen LogP contribution is 2.06. The summed E-state index contributed by atoms with van der Waals surface area (Å²) in [5, 5.41) is 24.3. The zero-order chi connectivity index (χ0) is 14.8. The molecule has 1 amide bonds. The number of rotatable bonds is 9. The van der Waals surface area contributed by atoms with Crippen molar-refractivity contribution in [1.29, 1.82) is 0 Å². The van der Waals surface area contributed by atoms with Crippen LogP contribution in [0, 0.1) is 0 Å². The lowest BCUT2D eigenvalue weighted by atomic mass is 10.0. The van der Waals surface area contributed by atoms with Crippen LogP contribution in [0.3, 0.4) is 0 Å². The molecule has 0 unspecified atom stereocenters. The monoisotopic (exact) mass is 282 g/mol. The first-order valence-electron chi connectivity index (χ1n) is 6.54. The molecular weight excluding hydrogens is 260 g/mol. The van der Waals surface area contributed by atoms with E-state index >= 15 is 0 Å². The van der Waals surface area contributed by atoms with Gasteiger partial charge >= 0.3 is 6.09 Å². The summed E-state index contributed by atoms with van der Waals surface area (Å²) in [4.78, 5) is 10.8. The van der Waals surface area contributed by atoms with Gasteiger partial charge in [-0.1, -0.05) is 30.3 Å². The van der Waals surface area contributed by atoms with Gasteiger partial charge in [-0.2, -0.15) is 0 Å². The van der Waals surface area contributed by atoms with E-state index in [-0.39, 0.29) is 0 Å². The Kier molecular flexibility index (Phi) is 7.64. The summed E-state index contributed by atoms with van der Waals surface area (Å²) in [7, 11) is 1.60. The van der Waals surface area contributed by atoms with E-state index in [0.29, 0.717) is 26.1 Å². The molecule has 0 aliphatic rings. The van der Waals surface area contributed by atoms with E-state index in [1.54, 1.807) is 7.11 Å². The minimum Gasteiger partial charge on any atom is -0.465 e. The topological polar surface area (TPSA) is 90.8 Å². The molecule has 0 fully saturated rings. The standard InChI is InChI=1S/C14H22N2O4/c1-20-8-7-15-10-13(17)12(16-14(18)19)9-11-5-3-2-4-6-11/h2-6,12-13,15-17H,7-10H2,1H3,(H,18,19)/t12-,13-/m0/s1. The molecular formula is C14H22N2O4. The maximum atomic E-state index is 10.8. The number of hydrogen-bond donors (Lipinski definition) is 4. The molecule has 0 aliphatic carbocycles. The first kappa shape index (κ1) is 16.4. The number of ether oxygens (including phenoxy) is 1. The second-order valence-corrected chi connectivity index (χ2v) is 4.51. The fourth-order valence-electron chi connectivity index (χ4n) is 1.88. The highest BCUT2D eigenvalue weighted by molar-refractivity contribution is 5.65. The van der Waals surface area contributed by atoms with Crippen molar-refractivity contribution in [2.75, 3.05) is 26.8 Å². The van der Waals surface area contributed by atoms with Gasteiger partial charge in [0, 0.05) is 20.2 Å². The van der Waals surface area contributed by atoms with Crippen LogP contribution >= 0.6 is 0 Å². The number of aliphatic hydroxyl groups is 1. The van der Waals surface area contributed by atoms with E-state index in [1.807, 2.05) is 30.3 Å². The summed E-state index contributed by atoms with van der Waals surface area (Å²) in [6.45, 7) is 1.46. The molecule has 1 aromatic rings. The number of aliphatic hydroxyl groups excluding tert-OH is 1. The van der Waals surface area contributed by atoms with E-state index in [4.69, 9.17) is 9.84 Å². The van der Waals surface area contributed by atoms with Crippen molar-refractivity contribution >= 4 is 6.09 Å². The summed E-state index contributed by atoms with van der Waals surface area (Å²) in [5.74, 6) is 0. The van der Waals surface area contributed by atoms with Gasteiger partial charge in [-0.25, -0.2) is 4.79 Å². The van der Waals surface area contributed by atoms with Crippen LogP contribution in [-0.2, 0) is 11.2 Å². The Bertz CT molecular complexity index is 386. The Hall–Kier alpha value is -1.63. The normalized spacial score (nSPS) is 13.7. The van der Waals surface area contributed by atoms with Crippen molar-refractivity contribution in [2.45, 2.75) is 18.6 Å². The molecule has 112 valence electrons. The number of methoxy groups -OCH3 is 1. The quantitative estimate of drug-likeness (QED) is 0.494. The van der Waals surface area contributed by atoms with Crippen molar-refractivity contribution in [3.63, 3.8) is 0 Å². The number of carboxylic acid groups (broad SMARTS) is 1. The molecule has 1 rings (SSSR count). The average Bonchev–Trinajstić information content (AvgIpc) is 2.43. The van der Waals surface area contributed by atoms with Crippen LogP contribution in [0.2, 0.25) is 0 Å². The Morgan fingerprint density at radius 3 is 2.65 bits per heavy atom. The first-order valence-corrected chi connectivity index (χ1v) is 6.54. The molecule has 6 nitrogen and oxygen atoms in total. The van der Waals surface area contributed by atoms with Crippen molar-refractivity contribution in [2.24, 2.45) is 0 Å². The molecule has 0 saturated carbocycles. The summed E-state index contributed by atoms with van der Waals surface area (Å²) in [5.41, 5.74) is 0.974. The number of carbonyl (C=O) groups is 1. The first-order chi connectivity index (χ1) is 9.63. The summed E-state index contributed by atoms with van der Waals surface area (Å²) in [6, 6.07) is 8.92. The smallest absolute Gasteiger partial charge is 0.404 e. The third-order valence-corrected chi connectivity index (χ3v) is 2.91. The lowest BCUT2D eigenvalue weighted by molar-refractivity contribution is 0.114. The molecule has 1 aromatic carbocycles. The maximum Gasteiger partial charge on any atom is 0.404 e. The lowest BCUT2D eigenvalue weighted by Gasteiger charge is -2.23. The third-order valence-electron chi connectivity index (χ3n) is 2.91. The zero-order valence-electron chi connectivity index (χ0n) is 11.6. The van der Waals surface area contributed by atoms with Gasteiger partial charge in [0.2, 0.25) is 0 Å². The molecule has 4 N–H and O–H groups in total. The summed E-state index contributed by atoms with van der Waals surface area (Å²) >= 11 is 0. The van der Waals surface area contributed by atoms with Crippen molar-refractivity contribution in [3.8, 4) is 0 Å². The Morgan fingerprint density at radius 1 is 1.35 bits per heavy atom. The zero-order valence-corrected chi connectivity index (χ0v) is 11.6. The van der Waals surface area contributed by atoms with E-state index in [2.05, 4.69) is 10.6 Å². The summed E-state index contributed by atoms with van der Waals surface area (Å²) in [6.07, 6.45) is -1.50. The van der Waals surface area contributed by atoms with Crippen LogP contribution in [-0.4, -0.2) is 55.3 Å². The molecule has 2 atom stereocenters. The number of amides is 1. The third kappa shape index (κ3) is 6.51. The fourth-order valence-corrected chi connectivity index (χ4v) is 1.88. The number of nitrogens with one attached hydrogen (secondary N) is 2. The van der Waals surface area contributed by atoms with Gasteiger partial charge in [0.15, 0.2) is 0 Å². The SMILES string of the molecule is COCCNC[C@H](O)[C@H](Cc1ccccc1)NC(=O)O. The second kappa shape index (κ2) is 9.30. The van der Waals surface area contributed by atoms with E-state index in [9.17, 15) is 9.90 Å². The average molecular weight is 282 g/mol. The highest BCUT2D eigenvalue weighted by atomic mass is 16.5. The predicted octanol–water partition coefficient (Wildman–Crippen LogP) is 0.462. The van der Waals surface area contributed by atoms with Gasteiger partial charge in [0.25, 0.3) is 0 Å². The van der Waals surface area contributed by atoms with Crippen LogP contribution in [0.4, 0.5) is 4.79 Å². The van der Waals surface area contributed by atoms with Crippen LogP contribution in [0.5, 0.6) is 0 Å². The van der Waals surface area contributed by atoms with Crippen molar-refractivity contribution in [1.82, 2.24) is 10.6 Å². The van der Waals surface area contributed by atoms with Gasteiger partial charge < -0.3 is 25.6 Å². The Balaban J connectivity index is 2.52. The molecule has 20 heavy (non-hydrogen) atoms. The van der Waals surface area contributed by atoms with Crippen molar-refractivity contribution in [3.05, 3.63) is 35.9 Å². The highest BCUT2D eigenvalue weighted by Gasteiger charge is 2.21. The van der Waals surface area contributed by atoms with Crippen molar-refractivity contribution < 1.29 is 19.7 Å². The molecule has 0 spiro atoms. The molecule has 0 saturated heterocycles.